The number of aryl methyl sites for hydroxylation is 1. The predicted octanol–water partition coefficient (Wildman–Crippen LogP) is 3.32. The van der Waals surface area contributed by atoms with Gasteiger partial charge in [0, 0.05) is 28.5 Å². The number of benzene rings is 1. The molecule has 17 heavy (non-hydrogen) atoms. The van der Waals surface area contributed by atoms with E-state index in [4.69, 9.17) is 0 Å². The van der Waals surface area contributed by atoms with Crippen molar-refractivity contribution >= 4 is 26.7 Å². The van der Waals surface area contributed by atoms with Crippen LogP contribution in [0.25, 0.3) is 10.8 Å². The number of aromatic nitrogens is 1. The molecule has 0 radical (unpaired) electrons. The van der Waals surface area contributed by atoms with Gasteiger partial charge in [-0.15, -0.1) is 0 Å². The minimum atomic E-state index is -4.41. The molecule has 1 aromatic carbocycles. The Morgan fingerprint density at radius 2 is 1.88 bits per heavy atom. The van der Waals surface area contributed by atoms with Gasteiger partial charge in [0.1, 0.15) is 0 Å². The summed E-state index contributed by atoms with van der Waals surface area (Å²) in [4.78, 5) is 11.7. The van der Waals surface area contributed by atoms with E-state index in [1.54, 1.807) is 7.05 Å². The molecule has 0 unspecified atom stereocenters. The van der Waals surface area contributed by atoms with Crippen LogP contribution in [0.4, 0.5) is 13.2 Å². The molecule has 0 saturated heterocycles. The number of rotatable bonds is 0. The molecular weight excluding hydrogens is 299 g/mol. The highest BCUT2D eigenvalue weighted by Crippen LogP contribution is 2.32. The van der Waals surface area contributed by atoms with E-state index < -0.39 is 11.7 Å². The van der Waals surface area contributed by atoms with Crippen LogP contribution in [-0.2, 0) is 13.2 Å². The van der Waals surface area contributed by atoms with Crippen molar-refractivity contribution in [3.05, 3.63) is 44.8 Å². The molecule has 0 amide bonds. The van der Waals surface area contributed by atoms with Gasteiger partial charge in [-0.3, -0.25) is 4.79 Å². The van der Waals surface area contributed by atoms with E-state index in [-0.39, 0.29) is 16.3 Å². The van der Waals surface area contributed by atoms with Gasteiger partial charge in [-0.2, -0.15) is 13.2 Å². The van der Waals surface area contributed by atoms with Crippen LogP contribution in [-0.4, -0.2) is 4.57 Å². The lowest BCUT2D eigenvalue weighted by Crippen LogP contribution is -2.16. The average molecular weight is 306 g/mol. The Kier molecular flexibility index (Phi) is 2.77. The molecule has 2 nitrogen and oxygen atoms in total. The summed E-state index contributed by atoms with van der Waals surface area (Å²) in [5.74, 6) is 0. The summed E-state index contributed by atoms with van der Waals surface area (Å²) in [6.07, 6.45) is -2.96. The van der Waals surface area contributed by atoms with Crippen molar-refractivity contribution in [2.45, 2.75) is 6.18 Å². The minimum absolute atomic E-state index is 0.259. The number of nitrogens with zero attached hydrogens (tertiary/aromatic N) is 1. The van der Waals surface area contributed by atoms with Gasteiger partial charge in [0.25, 0.3) is 5.56 Å². The van der Waals surface area contributed by atoms with Crippen LogP contribution in [0.15, 0.2) is 33.7 Å². The van der Waals surface area contributed by atoms with Gasteiger partial charge in [-0.1, -0.05) is 0 Å². The van der Waals surface area contributed by atoms with Gasteiger partial charge in [0.2, 0.25) is 0 Å². The summed E-state index contributed by atoms with van der Waals surface area (Å²) in [5, 5.41) is 0.526. The number of fused-ring (bicyclic) bond motifs is 1. The Morgan fingerprint density at radius 1 is 1.24 bits per heavy atom. The Hall–Kier alpha value is -1.30. The maximum atomic E-state index is 12.5. The minimum Gasteiger partial charge on any atom is -0.317 e. The molecule has 0 bridgehead atoms. The summed E-state index contributed by atoms with van der Waals surface area (Å²) in [6.45, 7) is 0. The monoisotopic (exact) mass is 305 g/mol. The Bertz CT molecular complexity index is 645. The molecule has 90 valence electrons. The van der Waals surface area contributed by atoms with E-state index in [0.29, 0.717) is 4.47 Å². The molecule has 1 heterocycles. The fourth-order valence-corrected chi connectivity index (χ4v) is 2.23. The van der Waals surface area contributed by atoms with E-state index in [0.717, 1.165) is 12.1 Å². The van der Waals surface area contributed by atoms with Crippen molar-refractivity contribution in [3.8, 4) is 0 Å². The van der Waals surface area contributed by atoms with Crippen LogP contribution < -0.4 is 5.56 Å². The predicted molar refractivity (Wildman–Crippen MR) is 61.9 cm³/mol. The third kappa shape index (κ3) is 2.09. The van der Waals surface area contributed by atoms with Gasteiger partial charge in [-0.25, -0.2) is 0 Å². The van der Waals surface area contributed by atoms with Gasteiger partial charge in [0.15, 0.2) is 0 Å². The number of pyridine rings is 1. The molecule has 1 aromatic heterocycles. The summed E-state index contributed by atoms with van der Waals surface area (Å²) >= 11 is 3.16. The topological polar surface area (TPSA) is 22.0 Å². The second-order valence-corrected chi connectivity index (χ2v) is 4.51. The van der Waals surface area contributed by atoms with E-state index in [1.165, 1.54) is 16.8 Å². The molecule has 0 atom stereocenters. The zero-order chi connectivity index (χ0) is 12.8. The van der Waals surface area contributed by atoms with Crippen molar-refractivity contribution in [1.29, 1.82) is 0 Å². The van der Waals surface area contributed by atoms with Crippen LogP contribution in [0.3, 0.4) is 0 Å². The van der Waals surface area contributed by atoms with E-state index in [1.807, 2.05) is 0 Å². The second-order valence-electron chi connectivity index (χ2n) is 3.65. The highest BCUT2D eigenvalue weighted by atomic mass is 79.9. The van der Waals surface area contributed by atoms with Crippen molar-refractivity contribution in [1.82, 2.24) is 4.57 Å². The molecule has 6 heteroatoms. The van der Waals surface area contributed by atoms with E-state index in [9.17, 15) is 18.0 Å². The molecular formula is C11H7BrF3NO. The van der Waals surface area contributed by atoms with Crippen LogP contribution in [0, 0.1) is 0 Å². The molecule has 2 aromatic rings. The van der Waals surface area contributed by atoms with Crippen LogP contribution in [0.5, 0.6) is 0 Å². The van der Waals surface area contributed by atoms with Gasteiger partial charge < -0.3 is 4.57 Å². The van der Waals surface area contributed by atoms with Crippen molar-refractivity contribution in [3.63, 3.8) is 0 Å². The normalized spacial score (nSPS) is 12.1. The summed E-state index contributed by atoms with van der Waals surface area (Å²) in [6, 6.07) is 3.09. The standard InChI is InChI=1S/C11H7BrF3NO/c1-16-5-9(12)8-4-6(11(13,14)15)2-3-7(8)10(16)17/h2-5H,1H3. The maximum absolute atomic E-state index is 12.5. The fourth-order valence-electron chi connectivity index (χ4n) is 1.59. The Morgan fingerprint density at radius 3 is 2.47 bits per heavy atom. The molecule has 0 fully saturated rings. The third-order valence-electron chi connectivity index (χ3n) is 2.46. The first-order valence-electron chi connectivity index (χ1n) is 4.67. The average Bonchev–Trinajstić information content (AvgIpc) is 2.24. The summed E-state index contributed by atoms with van der Waals surface area (Å²) in [5.41, 5.74) is -1.09. The molecule has 0 spiro atoms. The highest BCUT2D eigenvalue weighted by Gasteiger charge is 2.30. The summed E-state index contributed by atoms with van der Waals surface area (Å²) < 4.78 is 39.4. The van der Waals surface area contributed by atoms with E-state index >= 15 is 0 Å². The highest BCUT2D eigenvalue weighted by molar-refractivity contribution is 9.10. The molecule has 0 aliphatic rings. The molecule has 0 aliphatic heterocycles. The van der Waals surface area contributed by atoms with Crippen molar-refractivity contribution in [2.24, 2.45) is 7.05 Å². The largest absolute Gasteiger partial charge is 0.416 e. The Labute approximate surface area is 103 Å². The first kappa shape index (κ1) is 12.2. The Balaban J connectivity index is 2.84. The third-order valence-corrected chi connectivity index (χ3v) is 3.09. The van der Waals surface area contributed by atoms with Crippen LogP contribution in [0.1, 0.15) is 5.56 Å². The zero-order valence-electron chi connectivity index (χ0n) is 8.68. The SMILES string of the molecule is Cn1cc(Br)c2cc(C(F)(F)F)ccc2c1=O. The first-order valence-corrected chi connectivity index (χ1v) is 5.46. The van der Waals surface area contributed by atoms with Crippen molar-refractivity contribution in [2.75, 3.05) is 0 Å². The van der Waals surface area contributed by atoms with Gasteiger partial charge in [0.05, 0.1) is 5.56 Å². The van der Waals surface area contributed by atoms with Crippen molar-refractivity contribution < 1.29 is 13.2 Å². The maximum Gasteiger partial charge on any atom is 0.416 e. The first-order chi connectivity index (χ1) is 7.80. The second kappa shape index (κ2) is 3.87. The van der Waals surface area contributed by atoms with E-state index in [2.05, 4.69) is 15.9 Å². The number of alkyl halides is 3. The molecule has 0 N–H and O–H groups in total. The smallest absolute Gasteiger partial charge is 0.317 e. The molecule has 2 rings (SSSR count). The lowest BCUT2D eigenvalue weighted by molar-refractivity contribution is -0.137. The zero-order valence-corrected chi connectivity index (χ0v) is 10.3. The lowest BCUT2D eigenvalue weighted by atomic mass is 10.1. The number of hydrogen-bond donors (Lipinski definition) is 0. The summed E-state index contributed by atoms with van der Waals surface area (Å²) in [7, 11) is 1.55. The lowest BCUT2D eigenvalue weighted by Gasteiger charge is -2.09. The quantitative estimate of drug-likeness (QED) is 0.732. The van der Waals surface area contributed by atoms with Gasteiger partial charge >= 0.3 is 6.18 Å². The number of hydrogen-bond acceptors (Lipinski definition) is 1. The van der Waals surface area contributed by atoms with Gasteiger partial charge in [-0.05, 0) is 34.1 Å². The van der Waals surface area contributed by atoms with Crippen LogP contribution >= 0.6 is 15.9 Å². The molecule has 0 saturated carbocycles. The fraction of sp³-hybridized carbons (Fsp3) is 0.182. The molecule has 0 aliphatic carbocycles. The van der Waals surface area contributed by atoms with Crippen LogP contribution in [0.2, 0.25) is 0 Å². The number of halogens is 4.